The number of hydrazone groups is 1. The molecule has 0 heterocycles. The summed E-state index contributed by atoms with van der Waals surface area (Å²) < 4.78 is 1.06. The van der Waals surface area contributed by atoms with Crippen LogP contribution in [0.3, 0.4) is 0 Å². The summed E-state index contributed by atoms with van der Waals surface area (Å²) in [6, 6.07) is 15.7. The van der Waals surface area contributed by atoms with Crippen molar-refractivity contribution >= 4 is 33.7 Å². The van der Waals surface area contributed by atoms with Crippen molar-refractivity contribution in [2.45, 2.75) is 6.54 Å². The molecule has 0 fully saturated rings. The van der Waals surface area contributed by atoms with Crippen molar-refractivity contribution in [3.63, 3.8) is 0 Å². The molecule has 0 unspecified atom stereocenters. The average Bonchev–Trinajstić information content (AvgIpc) is 2.39. The number of benzene rings is 2. The molecule has 92 valence electrons. The molecule has 0 atom stereocenters. The van der Waals surface area contributed by atoms with Crippen molar-refractivity contribution in [1.29, 1.82) is 0 Å². The first-order chi connectivity index (χ1) is 8.74. The number of nitrogens with zero attached hydrogens (tertiary/aromatic N) is 1. The molecule has 0 aromatic heterocycles. The number of rotatable bonds is 4. The van der Waals surface area contributed by atoms with Gasteiger partial charge in [-0.3, -0.25) is 0 Å². The molecule has 0 aliphatic carbocycles. The molecule has 2 nitrogen and oxygen atoms in total. The van der Waals surface area contributed by atoms with Crippen molar-refractivity contribution in [2.24, 2.45) is 5.10 Å². The van der Waals surface area contributed by atoms with Crippen LogP contribution in [0.2, 0.25) is 5.02 Å². The lowest BCUT2D eigenvalue weighted by Gasteiger charge is -2.00. The number of hydrogen-bond donors (Lipinski definition) is 1. The van der Waals surface area contributed by atoms with Crippen LogP contribution < -0.4 is 5.43 Å². The topological polar surface area (TPSA) is 24.4 Å². The van der Waals surface area contributed by atoms with E-state index >= 15 is 0 Å². The molecular formula is C14H12BrClN2. The highest BCUT2D eigenvalue weighted by Crippen LogP contribution is 2.10. The predicted octanol–water partition coefficient (Wildman–Crippen LogP) is 4.23. The fourth-order valence-electron chi connectivity index (χ4n) is 1.41. The Morgan fingerprint density at radius 1 is 1.06 bits per heavy atom. The maximum Gasteiger partial charge on any atom is 0.0580 e. The van der Waals surface area contributed by atoms with Crippen LogP contribution >= 0.6 is 27.5 Å². The van der Waals surface area contributed by atoms with E-state index in [1.165, 1.54) is 0 Å². The highest BCUT2D eigenvalue weighted by atomic mass is 79.9. The first-order valence-electron chi connectivity index (χ1n) is 5.50. The number of nitrogens with one attached hydrogen (secondary N) is 1. The molecule has 4 heteroatoms. The van der Waals surface area contributed by atoms with Gasteiger partial charge in [0.15, 0.2) is 0 Å². The molecule has 0 bridgehead atoms. The Morgan fingerprint density at radius 2 is 1.72 bits per heavy atom. The van der Waals surface area contributed by atoms with Gasteiger partial charge in [-0.05, 0) is 35.4 Å². The highest BCUT2D eigenvalue weighted by Gasteiger charge is 1.91. The third-order valence-corrected chi connectivity index (χ3v) is 3.15. The summed E-state index contributed by atoms with van der Waals surface area (Å²) in [5.74, 6) is 0. The third-order valence-electron chi connectivity index (χ3n) is 2.37. The first kappa shape index (κ1) is 13.1. The third kappa shape index (κ3) is 4.17. The highest BCUT2D eigenvalue weighted by molar-refractivity contribution is 9.10. The molecule has 2 rings (SSSR count). The molecule has 2 aromatic rings. The maximum atomic E-state index is 5.81. The van der Waals surface area contributed by atoms with Crippen LogP contribution in [-0.4, -0.2) is 6.21 Å². The fourth-order valence-corrected chi connectivity index (χ4v) is 1.80. The van der Waals surface area contributed by atoms with E-state index in [0.717, 1.165) is 20.6 Å². The van der Waals surface area contributed by atoms with Gasteiger partial charge in [0.1, 0.15) is 0 Å². The Kier molecular flexibility index (Phi) is 4.79. The maximum absolute atomic E-state index is 5.81. The fraction of sp³-hybridized carbons (Fsp3) is 0.0714. The summed E-state index contributed by atoms with van der Waals surface area (Å²) in [7, 11) is 0. The zero-order valence-electron chi connectivity index (χ0n) is 9.61. The largest absolute Gasteiger partial charge is 0.306 e. The van der Waals surface area contributed by atoms with Gasteiger partial charge in [0.05, 0.1) is 12.8 Å². The van der Waals surface area contributed by atoms with Gasteiger partial charge in [0.2, 0.25) is 0 Å². The lowest BCUT2D eigenvalue weighted by molar-refractivity contribution is 0.748. The molecular weight excluding hydrogens is 312 g/mol. The first-order valence-corrected chi connectivity index (χ1v) is 6.67. The molecule has 0 radical (unpaired) electrons. The van der Waals surface area contributed by atoms with E-state index in [1.54, 1.807) is 6.21 Å². The van der Waals surface area contributed by atoms with E-state index in [4.69, 9.17) is 11.6 Å². The van der Waals surface area contributed by atoms with Gasteiger partial charge in [0.25, 0.3) is 0 Å². The zero-order valence-corrected chi connectivity index (χ0v) is 11.9. The molecule has 0 saturated heterocycles. The summed E-state index contributed by atoms with van der Waals surface area (Å²) in [5.41, 5.74) is 5.20. The van der Waals surface area contributed by atoms with Gasteiger partial charge in [-0.2, -0.15) is 5.10 Å². The van der Waals surface area contributed by atoms with Crippen LogP contribution in [0.25, 0.3) is 0 Å². The van der Waals surface area contributed by atoms with E-state index in [0.29, 0.717) is 6.54 Å². The van der Waals surface area contributed by atoms with Gasteiger partial charge >= 0.3 is 0 Å². The van der Waals surface area contributed by atoms with Crippen LogP contribution in [0.15, 0.2) is 58.1 Å². The molecule has 0 aliphatic heterocycles. The number of hydrogen-bond acceptors (Lipinski definition) is 2. The van der Waals surface area contributed by atoms with Gasteiger partial charge < -0.3 is 5.43 Å². The Bertz CT molecular complexity index is 520. The Hall–Kier alpha value is -1.32. The Morgan fingerprint density at radius 3 is 2.39 bits per heavy atom. The van der Waals surface area contributed by atoms with E-state index < -0.39 is 0 Å². The molecule has 0 aliphatic rings. The molecule has 18 heavy (non-hydrogen) atoms. The van der Waals surface area contributed by atoms with Crippen molar-refractivity contribution in [3.8, 4) is 0 Å². The minimum atomic E-state index is 0.685. The smallest absolute Gasteiger partial charge is 0.0580 e. The Labute approximate surface area is 120 Å². The summed E-state index contributed by atoms with van der Waals surface area (Å²) in [6.45, 7) is 0.685. The van der Waals surface area contributed by atoms with Gasteiger partial charge in [-0.25, -0.2) is 0 Å². The minimum Gasteiger partial charge on any atom is -0.306 e. The van der Waals surface area contributed by atoms with E-state index in [-0.39, 0.29) is 0 Å². The van der Waals surface area contributed by atoms with Crippen molar-refractivity contribution in [2.75, 3.05) is 0 Å². The quantitative estimate of drug-likeness (QED) is 0.661. The van der Waals surface area contributed by atoms with E-state index in [9.17, 15) is 0 Å². The van der Waals surface area contributed by atoms with Crippen LogP contribution in [0.5, 0.6) is 0 Å². The zero-order chi connectivity index (χ0) is 12.8. The Balaban J connectivity index is 1.84. The lowest BCUT2D eigenvalue weighted by atomic mass is 10.2. The second kappa shape index (κ2) is 6.57. The monoisotopic (exact) mass is 322 g/mol. The standard InChI is InChI=1S/C14H12BrClN2/c15-13-5-1-11(2-6-13)9-17-18-10-12-3-7-14(16)8-4-12/h1-9,18H,10H2/b17-9-. The second-order valence-electron chi connectivity index (χ2n) is 3.77. The van der Waals surface area contributed by atoms with Crippen molar-refractivity contribution in [3.05, 3.63) is 69.2 Å². The minimum absolute atomic E-state index is 0.685. The average molecular weight is 324 g/mol. The van der Waals surface area contributed by atoms with Crippen molar-refractivity contribution < 1.29 is 0 Å². The van der Waals surface area contributed by atoms with E-state index in [1.807, 2.05) is 48.5 Å². The predicted molar refractivity (Wildman–Crippen MR) is 80.0 cm³/mol. The molecule has 0 spiro atoms. The molecule has 0 saturated carbocycles. The van der Waals surface area contributed by atoms with Crippen LogP contribution in [0.4, 0.5) is 0 Å². The van der Waals surface area contributed by atoms with Gasteiger partial charge in [-0.1, -0.05) is 51.8 Å². The summed E-state index contributed by atoms with van der Waals surface area (Å²) >= 11 is 9.20. The molecule has 1 N–H and O–H groups in total. The van der Waals surface area contributed by atoms with Crippen LogP contribution in [-0.2, 0) is 6.54 Å². The van der Waals surface area contributed by atoms with Gasteiger partial charge in [0, 0.05) is 9.50 Å². The molecule has 2 aromatic carbocycles. The normalized spacial score (nSPS) is 10.8. The van der Waals surface area contributed by atoms with E-state index in [2.05, 4.69) is 26.5 Å². The van der Waals surface area contributed by atoms with Crippen molar-refractivity contribution in [1.82, 2.24) is 5.43 Å². The summed E-state index contributed by atoms with van der Waals surface area (Å²) in [6.07, 6.45) is 1.79. The molecule has 0 amide bonds. The lowest BCUT2D eigenvalue weighted by Crippen LogP contribution is -2.05. The van der Waals surface area contributed by atoms with Gasteiger partial charge in [-0.15, -0.1) is 0 Å². The van der Waals surface area contributed by atoms with Crippen LogP contribution in [0.1, 0.15) is 11.1 Å². The number of halogens is 2. The second-order valence-corrected chi connectivity index (χ2v) is 5.12. The summed E-state index contributed by atoms with van der Waals surface area (Å²) in [5, 5.41) is 4.91. The SMILES string of the molecule is Clc1ccc(CN/N=C\c2ccc(Br)cc2)cc1. The summed E-state index contributed by atoms with van der Waals surface area (Å²) in [4.78, 5) is 0. The van der Waals surface area contributed by atoms with Crippen LogP contribution in [0, 0.1) is 0 Å².